The molecule has 0 radical (unpaired) electrons. The summed E-state index contributed by atoms with van der Waals surface area (Å²) in [5, 5.41) is 6.58. The third-order valence-corrected chi connectivity index (χ3v) is 3.58. The summed E-state index contributed by atoms with van der Waals surface area (Å²) in [5.41, 5.74) is -0.564. The van der Waals surface area contributed by atoms with Crippen molar-refractivity contribution in [2.45, 2.75) is 19.0 Å². The van der Waals surface area contributed by atoms with Crippen LogP contribution in [-0.2, 0) is 13.2 Å². The van der Waals surface area contributed by atoms with Crippen LogP contribution in [0.15, 0.2) is 12.3 Å². The van der Waals surface area contributed by atoms with Gasteiger partial charge < -0.3 is 4.57 Å². The lowest BCUT2D eigenvalue weighted by Crippen LogP contribution is -2.10. The molecule has 0 amide bonds. The number of alkyl halides is 3. The molecule has 0 aliphatic rings. The van der Waals surface area contributed by atoms with Gasteiger partial charge in [-0.2, -0.15) is 18.3 Å². The molecule has 1 atom stereocenters. The zero-order chi connectivity index (χ0) is 15.1. The maximum atomic E-state index is 12.6. The number of aromatic amines is 1. The monoisotopic (exact) mass is 322 g/mol. The summed E-state index contributed by atoms with van der Waals surface area (Å²) in [6.45, 7) is 1.74. The minimum absolute atomic E-state index is 0.0544. The summed E-state index contributed by atoms with van der Waals surface area (Å²) in [6, 6.07) is 0.863. The third kappa shape index (κ3) is 2.71. The van der Waals surface area contributed by atoms with Gasteiger partial charge in [-0.05, 0) is 25.2 Å². The first-order valence-corrected chi connectivity index (χ1v) is 6.34. The van der Waals surface area contributed by atoms with Crippen LogP contribution in [0.1, 0.15) is 29.9 Å². The van der Waals surface area contributed by atoms with Crippen molar-refractivity contribution in [2.24, 2.45) is 7.05 Å². The Bertz CT molecular complexity index is 692. The fourth-order valence-electron chi connectivity index (χ4n) is 1.79. The predicted molar refractivity (Wildman–Crippen MR) is 70.2 cm³/mol. The number of aromatic nitrogens is 4. The maximum absolute atomic E-state index is 12.6. The molecular weight excluding hydrogens is 313 g/mol. The smallest absolute Gasteiger partial charge is 0.307 e. The molecule has 108 valence electrons. The van der Waals surface area contributed by atoms with Gasteiger partial charge in [0.1, 0.15) is 5.82 Å². The second-order valence-electron chi connectivity index (χ2n) is 4.26. The van der Waals surface area contributed by atoms with Crippen molar-refractivity contribution in [3.8, 4) is 0 Å². The van der Waals surface area contributed by atoms with Crippen LogP contribution in [0.4, 0.5) is 13.2 Å². The number of halogens is 4. The van der Waals surface area contributed by atoms with Crippen molar-refractivity contribution < 1.29 is 13.2 Å². The van der Waals surface area contributed by atoms with E-state index in [0.29, 0.717) is 16.3 Å². The maximum Gasteiger partial charge on any atom is 0.417 e. The van der Waals surface area contributed by atoms with Crippen molar-refractivity contribution in [3.63, 3.8) is 0 Å². The van der Waals surface area contributed by atoms with Gasteiger partial charge in [-0.25, -0.2) is 0 Å². The minimum atomic E-state index is -4.47. The van der Waals surface area contributed by atoms with E-state index >= 15 is 0 Å². The van der Waals surface area contributed by atoms with Crippen molar-refractivity contribution >= 4 is 23.8 Å². The molecule has 1 N–H and O–H groups in total. The van der Waals surface area contributed by atoms with Crippen LogP contribution in [0.2, 0.25) is 5.02 Å². The molecule has 0 bridgehead atoms. The van der Waals surface area contributed by atoms with Crippen LogP contribution < -0.4 is 0 Å². The average molecular weight is 323 g/mol. The molecular formula is C11H10ClF3N4S. The van der Waals surface area contributed by atoms with Crippen LogP contribution >= 0.6 is 23.8 Å². The quantitative estimate of drug-likeness (QED) is 0.858. The number of nitrogens with one attached hydrogen (secondary N) is 1. The standard InChI is InChI=1S/C11H10ClF3N4S/c1-5(9-17-18-10(20)19(9)2)8-7(12)3-6(4-16-8)11(13,14)15/h3-5H,1-2H3,(H,18,20)/t5-/m1/s1. The van der Waals surface area contributed by atoms with Crippen LogP contribution in [0.3, 0.4) is 0 Å². The largest absolute Gasteiger partial charge is 0.417 e. The van der Waals surface area contributed by atoms with Crippen LogP contribution in [-0.4, -0.2) is 19.7 Å². The number of pyridine rings is 1. The van der Waals surface area contributed by atoms with E-state index in [2.05, 4.69) is 15.2 Å². The van der Waals surface area contributed by atoms with Crippen molar-refractivity contribution in [1.29, 1.82) is 0 Å². The zero-order valence-corrected chi connectivity index (χ0v) is 12.1. The molecule has 9 heteroatoms. The summed E-state index contributed by atoms with van der Waals surface area (Å²) in [5.74, 6) is 0.159. The second-order valence-corrected chi connectivity index (χ2v) is 5.05. The molecule has 0 aromatic carbocycles. The summed E-state index contributed by atoms with van der Waals surface area (Å²) in [7, 11) is 1.70. The highest BCUT2D eigenvalue weighted by Gasteiger charge is 2.32. The first-order chi connectivity index (χ1) is 9.21. The first-order valence-electron chi connectivity index (χ1n) is 5.55. The van der Waals surface area contributed by atoms with E-state index in [1.807, 2.05) is 0 Å². The number of nitrogens with zero attached hydrogens (tertiary/aromatic N) is 3. The Balaban J connectivity index is 2.44. The zero-order valence-electron chi connectivity index (χ0n) is 10.5. The fourth-order valence-corrected chi connectivity index (χ4v) is 2.26. The molecule has 0 spiro atoms. The number of rotatable bonds is 2. The molecule has 2 aromatic heterocycles. The summed E-state index contributed by atoms with van der Waals surface area (Å²) >= 11 is 10.9. The van der Waals surface area contributed by atoms with Crippen molar-refractivity contribution in [1.82, 2.24) is 19.7 Å². The first kappa shape index (κ1) is 15.0. The third-order valence-electron chi connectivity index (χ3n) is 2.91. The van der Waals surface area contributed by atoms with Gasteiger partial charge in [-0.1, -0.05) is 11.6 Å². The summed E-state index contributed by atoms with van der Waals surface area (Å²) in [6.07, 6.45) is -3.71. The van der Waals surface area contributed by atoms with Gasteiger partial charge in [0.2, 0.25) is 0 Å². The lowest BCUT2D eigenvalue weighted by molar-refractivity contribution is -0.137. The van der Waals surface area contributed by atoms with Crippen molar-refractivity contribution in [2.75, 3.05) is 0 Å². The van der Waals surface area contributed by atoms with Crippen LogP contribution in [0.5, 0.6) is 0 Å². The Morgan fingerprint density at radius 2 is 2.10 bits per heavy atom. The van der Waals surface area contributed by atoms with Gasteiger partial charge in [-0.3, -0.25) is 10.1 Å². The second kappa shape index (κ2) is 5.17. The Morgan fingerprint density at radius 1 is 1.45 bits per heavy atom. The highest BCUT2D eigenvalue weighted by atomic mass is 35.5. The molecule has 0 aliphatic heterocycles. The Hall–Kier alpha value is -1.41. The highest BCUT2D eigenvalue weighted by Crippen LogP contribution is 2.33. The van der Waals surface area contributed by atoms with Gasteiger partial charge in [0.05, 0.1) is 22.2 Å². The van der Waals surface area contributed by atoms with E-state index in [1.165, 1.54) is 0 Å². The van der Waals surface area contributed by atoms with Crippen LogP contribution in [0.25, 0.3) is 0 Å². The molecule has 0 unspecified atom stereocenters. The molecule has 2 aromatic rings. The molecule has 20 heavy (non-hydrogen) atoms. The van der Waals surface area contributed by atoms with Gasteiger partial charge in [-0.15, -0.1) is 0 Å². The molecule has 0 aliphatic carbocycles. The molecule has 2 heterocycles. The van der Waals surface area contributed by atoms with E-state index in [0.717, 1.165) is 12.3 Å². The van der Waals surface area contributed by atoms with E-state index in [1.54, 1.807) is 18.5 Å². The van der Waals surface area contributed by atoms with E-state index in [4.69, 9.17) is 23.8 Å². The summed E-state index contributed by atoms with van der Waals surface area (Å²) in [4.78, 5) is 3.82. The normalized spacial score (nSPS) is 13.5. The molecule has 0 saturated carbocycles. The topological polar surface area (TPSA) is 46.5 Å². The Morgan fingerprint density at radius 3 is 2.55 bits per heavy atom. The van der Waals surface area contributed by atoms with Gasteiger partial charge in [0.15, 0.2) is 4.77 Å². The lowest BCUT2D eigenvalue weighted by atomic mass is 10.1. The lowest BCUT2D eigenvalue weighted by Gasteiger charge is -2.13. The SMILES string of the molecule is C[C@H](c1ncc(C(F)(F)F)cc1Cl)c1n[nH]c(=S)n1C. The Labute approximate surface area is 122 Å². The molecule has 0 saturated heterocycles. The van der Waals surface area contributed by atoms with E-state index < -0.39 is 11.7 Å². The number of H-pyrrole nitrogens is 1. The average Bonchev–Trinajstić information content (AvgIpc) is 2.68. The highest BCUT2D eigenvalue weighted by molar-refractivity contribution is 7.71. The number of hydrogen-bond donors (Lipinski definition) is 1. The fraction of sp³-hybridized carbons (Fsp3) is 0.364. The number of hydrogen-bond acceptors (Lipinski definition) is 3. The van der Waals surface area contributed by atoms with Crippen LogP contribution in [0, 0.1) is 4.77 Å². The van der Waals surface area contributed by atoms with E-state index in [-0.39, 0.29) is 10.9 Å². The van der Waals surface area contributed by atoms with E-state index in [9.17, 15) is 13.2 Å². The molecule has 2 rings (SSSR count). The molecule has 0 fully saturated rings. The predicted octanol–water partition coefficient (Wildman–Crippen LogP) is 3.70. The van der Waals surface area contributed by atoms with Gasteiger partial charge in [0.25, 0.3) is 0 Å². The van der Waals surface area contributed by atoms with Gasteiger partial charge in [0, 0.05) is 13.2 Å². The Kier molecular flexibility index (Phi) is 3.88. The molecule has 4 nitrogen and oxygen atoms in total. The summed E-state index contributed by atoms with van der Waals surface area (Å²) < 4.78 is 39.7. The van der Waals surface area contributed by atoms with Gasteiger partial charge >= 0.3 is 6.18 Å². The van der Waals surface area contributed by atoms with Crippen molar-refractivity contribution in [3.05, 3.63) is 39.1 Å². The minimum Gasteiger partial charge on any atom is -0.307 e.